The Balaban J connectivity index is 0.000000107. The maximum atomic E-state index is 13.9. The topological polar surface area (TPSA) is 252 Å². The van der Waals surface area contributed by atoms with E-state index in [0.717, 1.165) is 212 Å². The molecule has 4 aliphatic rings. The molecule has 1 amide bonds. The van der Waals surface area contributed by atoms with E-state index in [1.165, 1.54) is 62.2 Å². The summed E-state index contributed by atoms with van der Waals surface area (Å²) < 4.78 is 38.6. The highest BCUT2D eigenvalue weighted by molar-refractivity contribution is 5.98. The van der Waals surface area contributed by atoms with Crippen LogP contribution < -0.4 is 46.6 Å². The number of carbonyl (C=O) groups is 1. The molecule has 0 spiro atoms. The van der Waals surface area contributed by atoms with Crippen LogP contribution in [0, 0.1) is 5.82 Å². The molecule has 4 saturated heterocycles. The molecule has 4 aliphatic heterocycles. The van der Waals surface area contributed by atoms with E-state index in [0.29, 0.717) is 17.3 Å². The molecule has 9 N–H and O–H groups in total. The van der Waals surface area contributed by atoms with Gasteiger partial charge in [-0.1, -0.05) is 36.4 Å². The summed E-state index contributed by atoms with van der Waals surface area (Å²) in [6, 6.07) is 81.3. The Bertz CT molecular complexity index is 7090. The number of piperazine rings is 1. The minimum atomic E-state index is -0.801. The lowest BCUT2D eigenvalue weighted by molar-refractivity contribution is 0.0996. The number of H-pyrrole nitrogens is 3. The quantitative estimate of drug-likeness (QED) is 0.0398. The number of aromatic nitrogens is 11. The monoisotopic (exact) mass is 1700 g/mol. The summed E-state index contributed by atoms with van der Waals surface area (Å²) in [4.78, 5) is 51.9. The zero-order valence-electron chi connectivity index (χ0n) is 71.2. The number of fused-ring (bicyclic) bond motifs is 7. The van der Waals surface area contributed by atoms with E-state index in [1.54, 1.807) is 12.3 Å². The molecule has 25 nitrogen and oxygen atoms in total. The summed E-state index contributed by atoms with van der Waals surface area (Å²) in [6.07, 6.45) is 21.1. The van der Waals surface area contributed by atoms with E-state index in [2.05, 4.69) is 302 Å². The third-order valence-corrected chi connectivity index (χ3v) is 24.4. The molecule has 0 bridgehead atoms. The van der Waals surface area contributed by atoms with Crippen LogP contribution in [0.25, 0.3) is 100 Å². The van der Waals surface area contributed by atoms with Crippen molar-refractivity contribution in [2.24, 2.45) is 5.73 Å². The fourth-order valence-electron chi connectivity index (χ4n) is 17.7. The molecule has 15 heterocycles. The van der Waals surface area contributed by atoms with Gasteiger partial charge in [0.1, 0.15) is 5.82 Å². The van der Waals surface area contributed by atoms with Gasteiger partial charge in [0.15, 0.2) is 22.6 Å². The Morgan fingerprint density at radius 3 is 1.09 bits per heavy atom. The lowest BCUT2D eigenvalue weighted by atomic mass is 10.1. The molecule has 0 unspecified atom stereocenters. The number of nitrogens with two attached hydrogens (primary N) is 1. The summed E-state index contributed by atoms with van der Waals surface area (Å²) in [5, 5.41) is 17.7. The first-order valence-corrected chi connectivity index (χ1v) is 43.6. The van der Waals surface area contributed by atoms with E-state index >= 15 is 0 Å². The van der Waals surface area contributed by atoms with Gasteiger partial charge in [0.25, 0.3) is 5.91 Å². The van der Waals surface area contributed by atoms with Crippen molar-refractivity contribution in [1.82, 2.24) is 57.4 Å². The van der Waals surface area contributed by atoms with E-state index in [9.17, 15) is 9.18 Å². The predicted molar refractivity (Wildman–Crippen MR) is 513 cm³/mol. The highest BCUT2D eigenvalue weighted by Crippen LogP contribution is 2.38. The van der Waals surface area contributed by atoms with Crippen molar-refractivity contribution in [2.75, 3.05) is 146 Å². The normalized spacial score (nSPS) is 14.4. The molecular weight excluding hydrogens is 1600 g/mol. The van der Waals surface area contributed by atoms with Crippen LogP contribution in [0.15, 0.2) is 305 Å². The first-order valence-electron chi connectivity index (χ1n) is 43.6. The number of nitrogens with zero attached hydrogens (tertiary/aromatic N) is 13. The number of hydrogen-bond acceptors (Lipinski definition) is 17. The second-order valence-corrected chi connectivity index (χ2v) is 32.4. The van der Waals surface area contributed by atoms with Crippen LogP contribution in [0.1, 0.15) is 24.2 Å². The first-order chi connectivity index (χ1) is 63.0. The van der Waals surface area contributed by atoms with Crippen molar-refractivity contribution in [3.63, 3.8) is 0 Å². The van der Waals surface area contributed by atoms with Gasteiger partial charge in [0, 0.05) is 229 Å². The van der Waals surface area contributed by atoms with Gasteiger partial charge >= 0.3 is 0 Å². The Hall–Kier alpha value is -15.2. The van der Waals surface area contributed by atoms with Gasteiger partial charge in [-0.2, -0.15) is 0 Å². The smallest absolute Gasteiger partial charge is 0.251 e. The third-order valence-electron chi connectivity index (χ3n) is 24.4. The Kier molecular flexibility index (Phi) is 23.2. The summed E-state index contributed by atoms with van der Waals surface area (Å²) >= 11 is 0. The van der Waals surface area contributed by atoms with Crippen molar-refractivity contribution < 1.29 is 23.4 Å². The van der Waals surface area contributed by atoms with Crippen LogP contribution in [0.4, 0.5) is 72.6 Å². The van der Waals surface area contributed by atoms with Crippen LogP contribution in [0.2, 0.25) is 0 Å². The lowest BCUT2D eigenvalue weighted by Gasteiger charge is -2.38. The number of hydrogen-bond donors (Lipinski definition) is 8. The first kappa shape index (κ1) is 81.1. The number of aromatic amines is 3. The number of primary amides is 1. The number of carbonyl (C=O) groups excluding carboxylic acids is 1. The highest BCUT2D eigenvalue weighted by atomic mass is 19.1. The zero-order chi connectivity index (χ0) is 86.4. The number of ether oxygens (including phenoxy) is 3. The number of imidazole rings is 4. The van der Waals surface area contributed by atoms with Crippen molar-refractivity contribution >= 4 is 129 Å². The Morgan fingerprint density at radius 1 is 0.367 bits per heavy atom. The summed E-state index contributed by atoms with van der Waals surface area (Å²) in [7, 11) is 0. The summed E-state index contributed by atoms with van der Waals surface area (Å²) in [5.41, 5.74) is 33.1. The number of rotatable bonds is 18. The number of benzene rings is 8. The highest BCUT2D eigenvalue weighted by Gasteiger charge is 2.23. The number of nitrogens with one attached hydrogen (secondary N) is 7. The molecule has 11 aromatic heterocycles. The Morgan fingerprint density at radius 2 is 0.711 bits per heavy atom. The van der Waals surface area contributed by atoms with Gasteiger partial charge in [-0.15, -0.1) is 0 Å². The van der Waals surface area contributed by atoms with Gasteiger partial charge in [0.05, 0.1) is 90.7 Å². The molecule has 19 aromatic rings. The molecule has 0 radical (unpaired) electrons. The maximum absolute atomic E-state index is 13.9. The number of anilines is 12. The van der Waals surface area contributed by atoms with Crippen molar-refractivity contribution in [3.05, 3.63) is 316 Å². The molecule has 128 heavy (non-hydrogen) atoms. The average molecular weight is 1700 g/mol. The van der Waals surface area contributed by atoms with Crippen molar-refractivity contribution in [2.45, 2.75) is 19.9 Å². The van der Waals surface area contributed by atoms with Gasteiger partial charge in [0.2, 0.25) is 0 Å². The molecule has 23 rings (SSSR count). The van der Waals surface area contributed by atoms with Crippen molar-refractivity contribution in [1.29, 1.82) is 0 Å². The third kappa shape index (κ3) is 17.2. The van der Waals surface area contributed by atoms with E-state index in [-0.39, 0.29) is 5.56 Å². The minimum Gasteiger partial charge on any atom is -0.378 e. The summed E-state index contributed by atoms with van der Waals surface area (Å²) in [5.74, 6) is -1.44. The van der Waals surface area contributed by atoms with Crippen LogP contribution in [0.5, 0.6) is 0 Å². The molecule has 0 aliphatic carbocycles. The molecule has 8 aromatic carbocycles. The Labute approximate surface area is 738 Å². The van der Waals surface area contributed by atoms with E-state index in [4.69, 9.17) is 19.9 Å². The molecule has 642 valence electrons. The van der Waals surface area contributed by atoms with Gasteiger partial charge in [-0.25, -0.2) is 24.3 Å². The molecule has 4 fully saturated rings. The number of pyridine rings is 4. The molecule has 0 saturated carbocycles. The largest absolute Gasteiger partial charge is 0.378 e. The van der Waals surface area contributed by atoms with Gasteiger partial charge in [-0.3, -0.25) is 27.3 Å². The maximum Gasteiger partial charge on any atom is 0.251 e. The standard InChI is InChI=1S/C28H30N6.2C25H23N5O.C24H22FN5O2/c1-20(2)32-16-18-33(19-17-32)22-8-6-21(7-9-22)31-26-10-11-27(34-15-14-30-28(26)34)24-4-3-5-25-23(24)12-13-29-25;1-2-19(17-23-18(1)9-10-26-23)24-8-7-22(25-27-11-12-30(24)25)28-20-3-5-21(6-4-20)29-13-15-31-16-14-29;1-2-21(20-10-11-26-22(20)3-1)24-9-8-23(25-27-12-13-30(24)25)28-18-4-6-19(7-5-18)29-14-16-31-17-15-29;25-20-6-1-16(15-19(20)23(26)31)22-8-7-21(24-27-9-10-30(22)24)28-17-2-4-18(5-3-17)29-11-13-32-14-12-29/h3-15,20,29,31H,16-19H2,1-2H3;1-12,17,26,28H,13-16H2;1-13,26,28H,14-17H2;1-10,15,28H,11-14H2,(H2,26,31). The second kappa shape index (κ2) is 36.5. The van der Waals surface area contributed by atoms with Crippen molar-refractivity contribution in [3.8, 4) is 45.0 Å². The van der Waals surface area contributed by atoms with Gasteiger partial charge < -0.3 is 75.8 Å². The number of amides is 1. The SMILES string of the molecule is CC(C)N1CCN(c2ccc(Nc3ccc(-c4cccc5[nH]ccc45)n4ccnc34)cc2)CC1.NC(=O)c1cc(-c2ccc(Nc3ccc(N4CCOCC4)cc3)c3nccn23)ccc1F.c1cc(-c2ccc(Nc3ccc(N4CCOCC4)cc3)c3nccn23)c2cc[nH]c2c1.c1cn2c(-c3ccc4cc[nH]c4c3)ccc(Nc3ccc(N4CCOCC4)cc3)c2n1. The van der Waals surface area contributed by atoms with Crippen LogP contribution in [-0.4, -0.2) is 174 Å². The number of halogens is 1. The lowest BCUT2D eigenvalue weighted by Crippen LogP contribution is -2.48. The zero-order valence-corrected chi connectivity index (χ0v) is 71.2. The van der Waals surface area contributed by atoms with E-state index < -0.39 is 11.7 Å². The predicted octanol–water partition coefficient (Wildman–Crippen LogP) is 19.7. The average Bonchev–Trinajstić information content (AvgIpc) is 1.55. The molecule has 26 heteroatoms. The minimum absolute atomic E-state index is 0.140. The fraction of sp³-hybridized carbons (Fsp3) is 0.186. The summed E-state index contributed by atoms with van der Waals surface area (Å²) in [6.45, 7) is 19.2. The van der Waals surface area contributed by atoms with Crippen LogP contribution in [-0.2, 0) is 14.2 Å². The number of morpholine rings is 3. The van der Waals surface area contributed by atoms with Gasteiger partial charge in [-0.05, 0) is 225 Å². The van der Waals surface area contributed by atoms with Crippen LogP contribution >= 0.6 is 0 Å². The molecular formula is C102H98FN21O4. The van der Waals surface area contributed by atoms with E-state index in [1.807, 2.05) is 90.6 Å². The second-order valence-electron chi connectivity index (χ2n) is 32.4. The van der Waals surface area contributed by atoms with Crippen LogP contribution in [0.3, 0.4) is 0 Å². The molecule has 0 atom stereocenters. The fourth-order valence-corrected chi connectivity index (χ4v) is 17.7.